The first-order valence-corrected chi connectivity index (χ1v) is 8.78. The number of fused-ring (bicyclic) bond motifs is 2. The molecule has 4 rings (SSSR count). The maximum Gasteiger partial charge on any atom is 0.341 e. The molecule has 0 saturated carbocycles. The number of nitrogens with zero attached hydrogens (tertiary/aromatic N) is 2. The maximum absolute atomic E-state index is 12.2. The zero-order chi connectivity index (χ0) is 19.5. The third-order valence-electron chi connectivity index (χ3n) is 4.24. The van der Waals surface area contributed by atoms with E-state index < -0.39 is 5.97 Å². The van der Waals surface area contributed by atoms with Crippen LogP contribution in [-0.4, -0.2) is 54.6 Å². The lowest BCUT2D eigenvalue weighted by Gasteiger charge is -2.13. The molecule has 0 atom stereocenters. The lowest BCUT2D eigenvalue weighted by atomic mass is 10.1. The van der Waals surface area contributed by atoms with Gasteiger partial charge in [-0.2, -0.15) is 0 Å². The fraction of sp³-hybridized carbons (Fsp3) is 0.316. The largest absolute Gasteiger partial charge is 0.490 e. The molecule has 146 valence electrons. The standard InChI is InChI=1S/C19H19N3O6/c1-3-25-19(23)11-8-20-17-15(11)21-9-22-16(17)14-12(26-7-6-24-2)4-5-13-18(14)28-10-27-13/h4-5,8-9,20H,3,6-7,10H2,1-2H3. The first kappa shape index (κ1) is 18.1. The number of nitrogens with one attached hydrogen (secondary N) is 1. The zero-order valence-corrected chi connectivity index (χ0v) is 15.5. The lowest BCUT2D eigenvalue weighted by molar-refractivity contribution is 0.0528. The number of rotatable bonds is 7. The van der Waals surface area contributed by atoms with Gasteiger partial charge >= 0.3 is 5.97 Å². The molecule has 9 heteroatoms. The van der Waals surface area contributed by atoms with Crippen molar-refractivity contribution in [3.63, 3.8) is 0 Å². The van der Waals surface area contributed by atoms with Gasteiger partial charge in [-0.25, -0.2) is 14.8 Å². The molecule has 3 aromatic rings. The fourth-order valence-corrected chi connectivity index (χ4v) is 3.03. The van der Waals surface area contributed by atoms with Crippen molar-refractivity contribution in [2.75, 3.05) is 33.7 Å². The summed E-state index contributed by atoms with van der Waals surface area (Å²) in [5.74, 6) is 1.24. The second-order valence-electron chi connectivity index (χ2n) is 5.88. The van der Waals surface area contributed by atoms with Crippen LogP contribution in [0, 0.1) is 0 Å². The summed E-state index contributed by atoms with van der Waals surface area (Å²) in [5.41, 5.74) is 2.53. The number of H-pyrrole nitrogens is 1. The van der Waals surface area contributed by atoms with E-state index in [4.69, 9.17) is 23.7 Å². The van der Waals surface area contributed by atoms with E-state index in [1.54, 1.807) is 32.4 Å². The Morgan fingerprint density at radius 1 is 1.25 bits per heavy atom. The van der Waals surface area contributed by atoms with Crippen molar-refractivity contribution in [1.29, 1.82) is 0 Å². The van der Waals surface area contributed by atoms with E-state index in [0.29, 0.717) is 58.3 Å². The Balaban J connectivity index is 1.86. The van der Waals surface area contributed by atoms with Gasteiger partial charge in [0.1, 0.15) is 35.5 Å². The molecule has 0 spiro atoms. The average Bonchev–Trinajstić information content (AvgIpc) is 3.35. The van der Waals surface area contributed by atoms with E-state index in [0.717, 1.165) is 0 Å². The fourth-order valence-electron chi connectivity index (χ4n) is 3.03. The van der Waals surface area contributed by atoms with Crippen molar-refractivity contribution in [2.24, 2.45) is 0 Å². The van der Waals surface area contributed by atoms with Crippen molar-refractivity contribution in [1.82, 2.24) is 15.0 Å². The number of hydrogen-bond donors (Lipinski definition) is 1. The number of carbonyl (C=O) groups excluding carboxylic acids is 1. The molecule has 3 heterocycles. The van der Waals surface area contributed by atoms with Crippen LogP contribution in [-0.2, 0) is 9.47 Å². The predicted octanol–water partition coefficient (Wildman–Crippen LogP) is 2.56. The number of carbonyl (C=O) groups is 1. The number of benzene rings is 1. The van der Waals surface area contributed by atoms with Crippen molar-refractivity contribution in [3.05, 3.63) is 30.2 Å². The Hall–Kier alpha value is -3.33. The van der Waals surface area contributed by atoms with E-state index in [2.05, 4.69) is 15.0 Å². The van der Waals surface area contributed by atoms with Crippen molar-refractivity contribution in [3.8, 4) is 28.5 Å². The van der Waals surface area contributed by atoms with Crippen LogP contribution in [0.15, 0.2) is 24.7 Å². The normalized spacial score (nSPS) is 12.4. The summed E-state index contributed by atoms with van der Waals surface area (Å²) < 4.78 is 27.2. The number of ether oxygens (including phenoxy) is 5. The maximum atomic E-state index is 12.2. The molecule has 9 nitrogen and oxygen atoms in total. The smallest absolute Gasteiger partial charge is 0.341 e. The molecule has 0 saturated heterocycles. The minimum absolute atomic E-state index is 0.108. The Morgan fingerprint density at radius 3 is 2.96 bits per heavy atom. The van der Waals surface area contributed by atoms with Gasteiger partial charge in [0.25, 0.3) is 0 Å². The number of aromatic nitrogens is 3. The molecule has 1 aliphatic rings. The van der Waals surface area contributed by atoms with Gasteiger partial charge in [0.2, 0.25) is 6.79 Å². The highest BCUT2D eigenvalue weighted by Crippen LogP contribution is 2.47. The first-order valence-electron chi connectivity index (χ1n) is 8.78. The summed E-state index contributed by atoms with van der Waals surface area (Å²) in [5, 5.41) is 0. The van der Waals surface area contributed by atoms with Crippen molar-refractivity contribution in [2.45, 2.75) is 6.92 Å². The minimum atomic E-state index is -0.451. The molecule has 2 aromatic heterocycles. The van der Waals surface area contributed by atoms with E-state index in [1.165, 1.54) is 6.33 Å². The molecule has 0 aliphatic carbocycles. The first-order chi connectivity index (χ1) is 13.7. The Bertz CT molecular complexity index is 1020. The Kier molecular flexibility index (Phi) is 4.98. The molecule has 0 amide bonds. The van der Waals surface area contributed by atoms with Gasteiger partial charge in [0.15, 0.2) is 11.5 Å². The highest BCUT2D eigenvalue weighted by Gasteiger charge is 2.27. The molecule has 1 aromatic carbocycles. The number of hydrogen-bond acceptors (Lipinski definition) is 8. The molecule has 28 heavy (non-hydrogen) atoms. The lowest BCUT2D eigenvalue weighted by Crippen LogP contribution is -2.06. The quantitative estimate of drug-likeness (QED) is 0.489. The summed E-state index contributed by atoms with van der Waals surface area (Å²) in [6.45, 7) is 2.93. The topological polar surface area (TPSA) is 105 Å². The summed E-state index contributed by atoms with van der Waals surface area (Å²) in [7, 11) is 1.60. The molecular formula is C19H19N3O6. The van der Waals surface area contributed by atoms with E-state index in [-0.39, 0.29) is 13.4 Å². The van der Waals surface area contributed by atoms with Crippen LogP contribution < -0.4 is 14.2 Å². The van der Waals surface area contributed by atoms with E-state index in [1.807, 2.05) is 0 Å². The second kappa shape index (κ2) is 7.73. The van der Waals surface area contributed by atoms with Gasteiger partial charge in [-0.05, 0) is 19.1 Å². The number of aromatic amines is 1. The molecule has 1 N–H and O–H groups in total. The second-order valence-corrected chi connectivity index (χ2v) is 5.88. The van der Waals surface area contributed by atoms with Crippen molar-refractivity contribution >= 4 is 17.0 Å². The van der Waals surface area contributed by atoms with Gasteiger partial charge in [-0.3, -0.25) is 0 Å². The van der Waals surface area contributed by atoms with E-state index in [9.17, 15) is 4.79 Å². The highest BCUT2D eigenvalue weighted by molar-refractivity contribution is 6.06. The molecule has 0 bridgehead atoms. The molecular weight excluding hydrogens is 366 g/mol. The highest BCUT2D eigenvalue weighted by atomic mass is 16.7. The van der Waals surface area contributed by atoms with Crippen LogP contribution in [0.4, 0.5) is 0 Å². The van der Waals surface area contributed by atoms with Gasteiger partial charge in [-0.15, -0.1) is 0 Å². The minimum Gasteiger partial charge on any atom is -0.490 e. The summed E-state index contributed by atoms with van der Waals surface area (Å²) in [4.78, 5) is 24.0. The summed E-state index contributed by atoms with van der Waals surface area (Å²) in [6.07, 6.45) is 2.95. The van der Waals surface area contributed by atoms with Crippen LogP contribution in [0.5, 0.6) is 17.2 Å². The Labute approximate surface area is 160 Å². The Morgan fingerprint density at radius 2 is 2.14 bits per heavy atom. The average molecular weight is 385 g/mol. The van der Waals surface area contributed by atoms with E-state index >= 15 is 0 Å². The van der Waals surface area contributed by atoms with Crippen molar-refractivity contribution < 1.29 is 28.5 Å². The van der Waals surface area contributed by atoms with Gasteiger partial charge in [0, 0.05) is 13.3 Å². The number of methoxy groups -OCH3 is 1. The van der Waals surface area contributed by atoms with Gasteiger partial charge in [0.05, 0.1) is 24.3 Å². The SMILES string of the molecule is CCOC(=O)c1c[nH]c2c(-c3c(OCCOC)ccc4c3OCO4)ncnc12. The third kappa shape index (κ3) is 3.09. The van der Waals surface area contributed by atoms with Crippen LogP contribution in [0.1, 0.15) is 17.3 Å². The van der Waals surface area contributed by atoms with Crippen LogP contribution >= 0.6 is 0 Å². The third-order valence-corrected chi connectivity index (χ3v) is 4.24. The van der Waals surface area contributed by atoms with Crippen LogP contribution in [0.25, 0.3) is 22.3 Å². The van der Waals surface area contributed by atoms with Gasteiger partial charge in [-0.1, -0.05) is 0 Å². The van der Waals surface area contributed by atoms with Crippen LogP contribution in [0.3, 0.4) is 0 Å². The number of esters is 1. The zero-order valence-electron chi connectivity index (χ0n) is 15.5. The molecule has 1 aliphatic heterocycles. The predicted molar refractivity (Wildman–Crippen MR) is 98.8 cm³/mol. The summed E-state index contributed by atoms with van der Waals surface area (Å²) in [6, 6.07) is 3.58. The van der Waals surface area contributed by atoms with Gasteiger partial charge < -0.3 is 28.7 Å². The summed E-state index contributed by atoms with van der Waals surface area (Å²) >= 11 is 0. The molecule has 0 radical (unpaired) electrons. The molecule has 0 unspecified atom stereocenters. The van der Waals surface area contributed by atoms with Crippen LogP contribution in [0.2, 0.25) is 0 Å². The molecule has 0 fully saturated rings. The monoisotopic (exact) mass is 385 g/mol.